The highest BCUT2D eigenvalue weighted by Gasteiger charge is 2.40. The fraction of sp³-hybridized carbons (Fsp3) is 0.600. The summed E-state index contributed by atoms with van der Waals surface area (Å²) in [6, 6.07) is -21.3. The van der Waals surface area contributed by atoms with Gasteiger partial charge in [0, 0.05) is 44.3 Å². The summed E-state index contributed by atoms with van der Waals surface area (Å²) >= 11 is 4.19. The first-order valence-corrected chi connectivity index (χ1v) is 37.7. The van der Waals surface area contributed by atoms with E-state index in [1.165, 1.54) is 45.0 Å². The predicted molar refractivity (Wildman–Crippen MR) is 408 cm³/mol. The van der Waals surface area contributed by atoms with E-state index in [1.807, 2.05) is 16.0 Å². The molecule has 0 fully saturated rings. The van der Waals surface area contributed by atoms with Crippen molar-refractivity contribution >= 4 is 143 Å². The molecule has 14 amide bonds. The Morgan fingerprint density at radius 3 is 0.992 bits per heavy atom. The fourth-order valence-electron chi connectivity index (χ4n) is 10.8. The minimum absolute atomic E-state index is 0.0497. The van der Waals surface area contributed by atoms with Gasteiger partial charge in [-0.15, -0.1) is 0 Å². The number of thiol groups is 1. The van der Waals surface area contributed by atoms with Crippen LogP contribution in [0.25, 0.3) is 0 Å². The Kier molecular flexibility index (Phi) is 46.6. The van der Waals surface area contributed by atoms with Gasteiger partial charge in [-0.05, 0) is 94.4 Å². The molecular formula is C70H106N16O32S. The van der Waals surface area contributed by atoms with Crippen molar-refractivity contribution in [1.29, 1.82) is 0 Å². The van der Waals surface area contributed by atoms with E-state index < -0.39 is 329 Å². The number of carboxylic acids is 8. The van der Waals surface area contributed by atoms with E-state index in [9.17, 15) is 151 Å². The van der Waals surface area contributed by atoms with Crippen LogP contribution >= 0.6 is 12.6 Å². The van der Waals surface area contributed by atoms with E-state index in [2.05, 4.69) is 60.5 Å². The van der Waals surface area contributed by atoms with Crippen molar-refractivity contribution < 1.29 is 157 Å². The molecule has 0 aliphatic heterocycles. The number of carbonyl (C=O) groups is 22. The van der Waals surface area contributed by atoms with Gasteiger partial charge in [0.2, 0.25) is 82.7 Å². The van der Waals surface area contributed by atoms with Gasteiger partial charge in [0.05, 0.1) is 25.4 Å². The van der Waals surface area contributed by atoms with Gasteiger partial charge in [0.15, 0.2) is 0 Å². The minimum Gasteiger partial charge on any atom is -0.508 e. The zero-order chi connectivity index (χ0) is 90.8. The fourth-order valence-corrected chi connectivity index (χ4v) is 11.1. The third-order valence-electron chi connectivity index (χ3n) is 17.7. The number of amides is 14. The van der Waals surface area contributed by atoms with E-state index >= 15 is 0 Å². The number of carboxylic acid groups (broad SMARTS) is 8. The number of phenols is 1. The molecular weight excluding hydrogens is 1610 g/mol. The number of aromatic hydroxyl groups is 1. The molecule has 48 nitrogen and oxygen atoms in total. The van der Waals surface area contributed by atoms with Crippen LogP contribution in [-0.4, -0.2) is 285 Å². The summed E-state index contributed by atoms with van der Waals surface area (Å²) in [4.78, 5) is 289. The van der Waals surface area contributed by atoms with Crippen LogP contribution in [0.15, 0.2) is 24.3 Å². The van der Waals surface area contributed by atoms with Gasteiger partial charge in [-0.1, -0.05) is 46.2 Å². The summed E-state index contributed by atoms with van der Waals surface area (Å²) in [5, 5.41) is 125. The lowest BCUT2D eigenvalue weighted by Gasteiger charge is -2.30. The molecule has 0 aliphatic rings. The molecule has 0 radical (unpaired) electrons. The van der Waals surface area contributed by atoms with Crippen LogP contribution in [0, 0.1) is 11.8 Å². The first-order chi connectivity index (χ1) is 55.5. The first kappa shape index (κ1) is 105. The Labute approximate surface area is 684 Å². The standard InChI is InChI=1S/C70H106N16O32S/c1-6-31(4)56(86-65(112)41(82-67(114)54(73)32(5)87)25-33-10-12-34(88)13-11-33)69(116)84-45(29-119)66(113)78-40(18-23-50(96)97)62(109)85-55(30(2)3)68(115)79-39(17-22-49(94)95)61(108)80-42(26-51(98)99)63(110)77-36(14-19-46(72)89)58(105)74-35(9-7-8-24-71)57(104)75-37(15-20-47(90)91)59(106)76-38(16-21-48(92)93)60(107)81-43(27-52(100)101)64(111)83-44(70(117)118)28-53(102)103/h10-13,30-32,35-45,54-56,87-88,119H,6-9,14-29,71,73H2,1-5H3,(H2,72,89)(H,74,105)(H,75,104)(H,76,106)(H,77,110)(H,78,113)(H,79,115)(H,80,108)(H,81,107)(H,82,114)(H,83,111)(H,84,116)(H,85,109)(H,86,112)(H,90,91)(H,92,93)(H,94,95)(H,96,97)(H,98,99)(H,100,101)(H,102,103)(H,117,118)/t31-,32+,35-,36-,37-,38-,39-,40-,41-,42-,43-,44-,45-,54-,55-,56-/m0/s1. The van der Waals surface area contributed by atoms with Gasteiger partial charge in [0.25, 0.3) is 0 Å². The molecule has 0 spiro atoms. The molecule has 0 heterocycles. The summed E-state index contributed by atoms with van der Waals surface area (Å²) in [6.45, 7) is 7.05. The Hall–Kier alpha value is -12.4. The largest absolute Gasteiger partial charge is 0.508 e. The van der Waals surface area contributed by atoms with Gasteiger partial charge in [-0.3, -0.25) is 101 Å². The topological polar surface area (TPSA) is 812 Å². The molecule has 0 unspecified atom stereocenters. The van der Waals surface area contributed by atoms with Crippen LogP contribution in [0.3, 0.4) is 0 Å². The summed E-state index contributed by atoms with van der Waals surface area (Å²) in [5.74, 6) is -34.2. The SMILES string of the molecule is CC[C@H](C)[C@H](NC(=O)[C@H](Cc1ccc(O)cc1)NC(=O)[C@@H](N)[C@@H](C)O)C(=O)N[C@@H](CS)C(=O)N[C@@H](CCC(=O)O)C(=O)N[C@H](C(=O)N[C@@H](CCC(=O)O)C(=O)N[C@@H](CC(=O)O)C(=O)N[C@@H](CCC(N)=O)C(=O)N[C@@H](CCCCN)C(=O)N[C@@H](CCC(=O)O)C(=O)N[C@@H](CCC(=O)O)C(=O)N[C@@H](CC(=O)O)C(=O)N[C@@H](CC(=O)O)C(=O)O)C(C)C. The monoisotopic (exact) mass is 1710 g/mol. The smallest absolute Gasteiger partial charge is 0.326 e. The number of hydrogen-bond donors (Lipinski definition) is 27. The zero-order valence-electron chi connectivity index (χ0n) is 65.4. The molecule has 16 atom stereocenters. The highest BCUT2D eigenvalue weighted by atomic mass is 32.1. The average Bonchev–Trinajstić information content (AvgIpc) is 0.844. The quantitative estimate of drug-likeness (QED) is 0.0213. The van der Waals surface area contributed by atoms with E-state index in [1.54, 1.807) is 19.2 Å². The second kappa shape index (κ2) is 53.0. The lowest BCUT2D eigenvalue weighted by molar-refractivity contribution is -0.148. The first-order valence-electron chi connectivity index (χ1n) is 37.1. The van der Waals surface area contributed by atoms with Gasteiger partial charge < -0.3 is 137 Å². The molecule has 0 saturated carbocycles. The van der Waals surface area contributed by atoms with E-state index in [0.717, 1.165) is 0 Å². The van der Waals surface area contributed by atoms with Crippen molar-refractivity contribution in [1.82, 2.24) is 69.1 Å². The average molecular weight is 1720 g/mol. The highest BCUT2D eigenvalue weighted by molar-refractivity contribution is 7.80. The molecule has 1 rings (SSSR count). The lowest BCUT2D eigenvalue weighted by atomic mass is 9.96. The highest BCUT2D eigenvalue weighted by Crippen LogP contribution is 2.17. The maximum Gasteiger partial charge on any atom is 0.326 e. The number of benzene rings is 1. The predicted octanol–water partition coefficient (Wildman–Crippen LogP) is -8.06. The van der Waals surface area contributed by atoms with Gasteiger partial charge >= 0.3 is 47.8 Å². The van der Waals surface area contributed by atoms with Crippen molar-refractivity contribution in [3.63, 3.8) is 0 Å². The van der Waals surface area contributed by atoms with Crippen LogP contribution in [-0.2, 0) is 112 Å². The maximum absolute atomic E-state index is 14.4. The number of unbranched alkanes of at least 4 members (excludes halogenated alkanes) is 1. The Bertz CT molecular complexity index is 3800. The molecule has 0 bridgehead atoms. The van der Waals surface area contributed by atoms with Crippen molar-refractivity contribution in [2.75, 3.05) is 12.3 Å². The second-order valence-corrected chi connectivity index (χ2v) is 28.1. The molecule has 0 aromatic heterocycles. The van der Waals surface area contributed by atoms with E-state index in [0.29, 0.717) is 5.56 Å². The lowest BCUT2D eigenvalue weighted by Crippen LogP contribution is -2.62. The zero-order valence-corrected chi connectivity index (χ0v) is 66.3. The molecule has 1 aromatic rings. The summed E-state index contributed by atoms with van der Waals surface area (Å²) in [7, 11) is 0. The maximum atomic E-state index is 14.4. The third-order valence-corrected chi connectivity index (χ3v) is 18.1. The molecule has 29 N–H and O–H groups in total. The van der Waals surface area contributed by atoms with Gasteiger partial charge in [0.1, 0.15) is 90.3 Å². The number of carbonyl (C=O) groups excluding carboxylic acids is 14. The Balaban J connectivity index is 3.76. The van der Waals surface area contributed by atoms with Crippen molar-refractivity contribution in [3.05, 3.63) is 29.8 Å². The van der Waals surface area contributed by atoms with Gasteiger partial charge in [-0.2, -0.15) is 12.6 Å². The molecule has 119 heavy (non-hydrogen) atoms. The van der Waals surface area contributed by atoms with Crippen molar-refractivity contribution in [3.8, 4) is 5.75 Å². The molecule has 0 aliphatic carbocycles. The van der Waals surface area contributed by atoms with E-state index in [-0.39, 0.29) is 38.0 Å². The van der Waals surface area contributed by atoms with Crippen LogP contribution < -0.4 is 86.3 Å². The number of hydrogen-bond acceptors (Lipinski definition) is 27. The summed E-state index contributed by atoms with van der Waals surface area (Å²) < 4.78 is 0. The Morgan fingerprint density at radius 2 is 0.655 bits per heavy atom. The number of aliphatic carboxylic acids is 8. The number of phenolic OH excluding ortho intramolecular Hbond substituents is 1. The number of aliphatic hydroxyl groups excluding tert-OH is 1. The molecule has 664 valence electrons. The number of primary amides is 1. The molecule has 0 saturated heterocycles. The normalized spacial score (nSPS) is 15.0. The number of rotatable bonds is 59. The van der Waals surface area contributed by atoms with E-state index in [4.69, 9.17) is 22.3 Å². The summed E-state index contributed by atoms with van der Waals surface area (Å²) in [5.41, 5.74) is 17.3. The van der Waals surface area contributed by atoms with Crippen molar-refractivity contribution in [2.45, 2.75) is 241 Å². The molecule has 49 heteroatoms. The number of nitrogens with two attached hydrogens (primary N) is 3. The van der Waals surface area contributed by atoms with Crippen LogP contribution in [0.5, 0.6) is 5.75 Å². The summed E-state index contributed by atoms with van der Waals surface area (Å²) in [6.07, 6.45) is -14.3. The number of aliphatic hydroxyl groups is 1. The third kappa shape index (κ3) is 40.3. The van der Waals surface area contributed by atoms with Crippen molar-refractivity contribution in [2.24, 2.45) is 29.0 Å². The van der Waals surface area contributed by atoms with Crippen LogP contribution in [0.2, 0.25) is 0 Å². The number of nitrogens with one attached hydrogen (secondary N) is 13. The van der Waals surface area contributed by atoms with Crippen LogP contribution in [0.1, 0.15) is 149 Å². The molecule has 1 aromatic carbocycles. The second-order valence-electron chi connectivity index (χ2n) is 27.7. The minimum atomic E-state index is -2.32. The van der Waals surface area contributed by atoms with Gasteiger partial charge in [-0.25, -0.2) is 4.79 Å². The Morgan fingerprint density at radius 1 is 0.361 bits per heavy atom. The van der Waals surface area contributed by atoms with Crippen LogP contribution in [0.4, 0.5) is 0 Å².